The van der Waals surface area contributed by atoms with E-state index in [1.54, 1.807) is 0 Å². The quantitative estimate of drug-likeness (QED) is 0.675. The molecular weight excluding hydrogens is 180 g/mol. The molecule has 0 amide bonds. The normalized spacial score (nSPS) is 7.17. The van der Waals surface area contributed by atoms with Gasteiger partial charge in [0.05, 0.1) is 0 Å². The Morgan fingerprint density at radius 1 is 1.33 bits per heavy atom. The van der Waals surface area contributed by atoms with Crippen molar-refractivity contribution in [3.63, 3.8) is 0 Å². The van der Waals surface area contributed by atoms with Crippen LogP contribution in [0.25, 0.3) is 0 Å². The fourth-order valence-corrected chi connectivity index (χ4v) is 0.560. The Morgan fingerprint density at radius 3 is 1.83 bits per heavy atom. The van der Waals surface area contributed by atoms with Crippen molar-refractivity contribution in [3.8, 4) is 0 Å². The van der Waals surface area contributed by atoms with Crippen LogP contribution in [0.2, 0.25) is 5.02 Å². The highest BCUT2D eigenvalue weighted by atomic mass is 35.5. The standard InChI is InChI=1S/C6H5Cl.C2H4O2.H2O/c7-6-4-2-1-3-5-6;1-2(3)4;/h1-5H;1H3,(H,3,4);1H2. The molecule has 0 atom stereocenters. The third-order valence-electron chi connectivity index (χ3n) is 0.733. The summed E-state index contributed by atoms with van der Waals surface area (Å²) in [5, 5.41) is 8.21. The highest BCUT2D eigenvalue weighted by molar-refractivity contribution is 6.30. The van der Waals surface area contributed by atoms with Gasteiger partial charge in [-0.15, -0.1) is 0 Å². The molecule has 3 nitrogen and oxygen atoms in total. The van der Waals surface area contributed by atoms with Gasteiger partial charge >= 0.3 is 0 Å². The van der Waals surface area contributed by atoms with Gasteiger partial charge in [0.25, 0.3) is 5.97 Å². The fourth-order valence-electron chi connectivity index (χ4n) is 0.415. The number of carboxylic acid groups (broad SMARTS) is 1. The summed E-state index contributed by atoms with van der Waals surface area (Å²) < 4.78 is 0. The lowest BCUT2D eigenvalue weighted by Gasteiger charge is -1.80. The first-order chi connectivity index (χ1) is 5.13. The lowest BCUT2D eigenvalue weighted by molar-refractivity contribution is -0.134. The Kier molecular flexibility index (Phi) is 9.06. The number of aliphatic carboxylic acids is 1. The van der Waals surface area contributed by atoms with Gasteiger partial charge < -0.3 is 10.6 Å². The molecule has 0 aliphatic rings. The molecule has 0 spiro atoms. The van der Waals surface area contributed by atoms with Crippen LogP contribution in [-0.2, 0) is 4.79 Å². The molecule has 0 saturated heterocycles. The number of carboxylic acids is 1. The van der Waals surface area contributed by atoms with Crippen LogP contribution in [0, 0.1) is 0 Å². The maximum Gasteiger partial charge on any atom is 0.300 e. The second-order valence-corrected chi connectivity index (χ2v) is 2.25. The molecule has 1 aromatic rings. The van der Waals surface area contributed by atoms with Crippen LogP contribution in [0.4, 0.5) is 0 Å². The topological polar surface area (TPSA) is 68.8 Å². The molecule has 0 radical (unpaired) electrons. The van der Waals surface area contributed by atoms with Gasteiger partial charge in [0, 0.05) is 11.9 Å². The van der Waals surface area contributed by atoms with Crippen molar-refractivity contribution in [2.75, 3.05) is 0 Å². The van der Waals surface area contributed by atoms with Crippen LogP contribution in [0.15, 0.2) is 30.3 Å². The number of rotatable bonds is 0. The summed E-state index contributed by atoms with van der Waals surface area (Å²) in [5.74, 6) is -0.833. The number of hydrogen-bond donors (Lipinski definition) is 1. The average molecular weight is 191 g/mol. The lowest BCUT2D eigenvalue weighted by atomic mass is 10.4. The molecule has 4 heteroatoms. The summed E-state index contributed by atoms with van der Waals surface area (Å²) in [5.41, 5.74) is 0. The summed E-state index contributed by atoms with van der Waals surface area (Å²) in [6, 6.07) is 9.44. The Bertz CT molecular complexity index is 207. The van der Waals surface area contributed by atoms with E-state index in [1.807, 2.05) is 30.3 Å². The smallest absolute Gasteiger partial charge is 0.300 e. The molecule has 0 bridgehead atoms. The Morgan fingerprint density at radius 2 is 1.67 bits per heavy atom. The van der Waals surface area contributed by atoms with Crippen molar-refractivity contribution in [1.29, 1.82) is 0 Å². The lowest BCUT2D eigenvalue weighted by Crippen LogP contribution is -1.78. The monoisotopic (exact) mass is 190 g/mol. The third kappa shape index (κ3) is 11.7. The van der Waals surface area contributed by atoms with E-state index in [0.29, 0.717) is 0 Å². The average Bonchev–Trinajstić information content (AvgIpc) is 1.87. The molecule has 0 unspecified atom stereocenters. The Labute approximate surface area is 75.9 Å². The molecule has 0 aliphatic carbocycles. The molecule has 1 aromatic carbocycles. The summed E-state index contributed by atoms with van der Waals surface area (Å²) in [6.07, 6.45) is 0. The SMILES string of the molecule is CC(=O)O.Clc1ccccc1.O. The molecule has 1 rings (SSSR count). The van der Waals surface area contributed by atoms with Crippen molar-refractivity contribution in [2.24, 2.45) is 0 Å². The number of hydrogen-bond acceptors (Lipinski definition) is 1. The van der Waals surface area contributed by atoms with Crippen LogP contribution >= 0.6 is 11.6 Å². The van der Waals surface area contributed by atoms with E-state index >= 15 is 0 Å². The number of benzene rings is 1. The van der Waals surface area contributed by atoms with Crippen LogP contribution in [0.1, 0.15) is 6.92 Å². The van der Waals surface area contributed by atoms with Crippen LogP contribution in [-0.4, -0.2) is 16.6 Å². The highest BCUT2D eigenvalue weighted by Gasteiger charge is 1.74. The number of carbonyl (C=O) groups is 1. The van der Waals surface area contributed by atoms with Gasteiger partial charge in [-0.2, -0.15) is 0 Å². The second kappa shape index (κ2) is 8.04. The maximum atomic E-state index is 9.00. The van der Waals surface area contributed by atoms with Gasteiger partial charge in [-0.3, -0.25) is 4.79 Å². The molecule has 0 heterocycles. The van der Waals surface area contributed by atoms with E-state index in [2.05, 4.69) is 0 Å². The first-order valence-electron chi connectivity index (χ1n) is 3.03. The largest absolute Gasteiger partial charge is 0.481 e. The van der Waals surface area contributed by atoms with E-state index in [1.165, 1.54) is 0 Å². The zero-order chi connectivity index (χ0) is 8.69. The Hall–Kier alpha value is -1.06. The highest BCUT2D eigenvalue weighted by Crippen LogP contribution is 2.03. The second-order valence-electron chi connectivity index (χ2n) is 1.81. The molecule has 0 saturated carbocycles. The van der Waals surface area contributed by atoms with Crippen LogP contribution in [0.3, 0.4) is 0 Å². The van der Waals surface area contributed by atoms with E-state index in [-0.39, 0.29) is 5.48 Å². The van der Waals surface area contributed by atoms with Crippen LogP contribution in [0.5, 0.6) is 0 Å². The van der Waals surface area contributed by atoms with Crippen molar-refractivity contribution in [3.05, 3.63) is 35.4 Å². The van der Waals surface area contributed by atoms with E-state index in [9.17, 15) is 0 Å². The van der Waals surface area contributed by atoms with Gasteiger partial charge in [-0.25, -0.2) is 0 Å². The summed E-state index contributed by atoms with van der Waals surface area (Å²) >= 11 is 5.54. The first-order valence-corrected chi connectivity index (χ1v) is 3.41. The molecule has 0 aliphatic heterocycles. The van der Waals surface area contributed by atoms with Gasteiger partial charge in [0.1, 0.15) is 0 Å². The van der Waals surface area contributed by atoms with E-state index in [4.69, 9.17) is 21.5 Å². The van der Waals surface area contributed by atoms with Gasteiger partial charge in [-0.05, 0) is 12.1 Å². The molecule has 0 aromatic heterocycles. The minimum atomic E-state index is -0.833. The summed E-state index contributed by atoms with van der Waals surface area (Å²) in [6.45, 7) is 1.08. The third-order valence-corrected chi connectivity index (χ3v) is 0.985. The molecule has 68 valence electrons. The molecule has 3 N–H and O–H groups in total. The summed E-state index contributed by atoms with van der Waals surface area (Å²) in [4.78, 5) is 9.00. The zero-order valence-electron chi connectivity index (χ0n) is 6.62. The number of halogens is 1. The Balaban J connectivity index is 0. The van der Waals surface area contributed by atoms with Crippen LogP contribution < -0.4 is 0 Å². The van der Waals surface area contributed by atoms with E-state index in [0.717, 1.165) is 11.9 Å². The van der Waals surface area contributed by atoms with E-state index < -0.39 is 5.97 Å². The van der Waals surface area contributed by atoms with Gasteiger partial charge in [0.15, 0.2) is 0 Å². The van der Waals surface area contributed by atoms with Crippen molar-refractivity contribution < 1.29 is 15.4 Å². The first kappa shape index (κ1) is 13.5. The maximum absolute atomic E-state index is 9.00. The van der Waals surface area contributed by atoms with Crippen molar-refractivity contribution in [2.45, 2.75) is 6.92 Å². The predicted molar refractivity (Wildman–Crippen MR) is 48.4 cm³/mol. The molecular formula is C8H11ClO3. The van der Waals surface area contributed by atoms with Gasteiger partial charge in [0.2, 0.25) is 0 Å². The van der Waals surface area contributed by atoms with Crippen molar-refractivity contribution in [1.82, 2.24) is 0 Å². The fraction of sp³-hybridized carbons (Fsp3) is 0.125. The minimum absolute atomic E-state index is 0. The minimum Gasteiger partial charge on any atom is -0.481 e. The zero-order valence-corrected chi connectivity index (χ0v) is 7.38. The predicted octanol–water partition coefficient (Wildman–Crippen LogP) is 1.61. The van der Waals surface area contributed by atoms with Crippen molar-refractivity contribution >= 4 is 17.6 Å². The molecule has 12 heavy (non-hydrogen) atoms. The van der Waals surface area contributed by atoms with Gasteiger partial charge in [-0.1, -0.05) is 29.8 Å². The summed E-state index contributed by atoms with van der Waals surface area (Å²) in [7, 11) is 0. The molecule has 0 fully saturated rings.